The summed E-state index contributed by atoms with van der Waals surface area (Å²) < 4.78 is 0. The molecule has 2 aliphatic rings. The maximum absolute atomic E-state index is 10.6. The molecular weight excluding hydrogens is 140 g/mol. The van der Waals surface area contributed by atoms with Crippen molar-refractivity contribution in [1.29, 1.82) is 0 Å². The van der Waals surface area contributed by atoms with E-state index in [9.17, 15) is 4.91 Å². The van der Waals surface area contributed by atoms with Crippen molar-refractivity contribution in [1.82, 2.24) is 5.32 Å². The third-order valence-corrected chi connectivity index (χ3v) is 2.93. The molecule has 3 nitrogen and oxygen atoms in total. The van der Waals surface area contributed by atoms with Crippen molar-refractivity contribution in [2.75, 3.05) is 0 Å². The Balaban J connectivity index is 2.13. The zero-order valence-electron chi connectivity index (χ0n) is 6.68. The lowest BCUT2D eigenvalue weighted by atomic mass is 9.83. The summed E-state index contributed by atoms with van der Waals surface area (Å²) in [4.78, 5) is 10.6. The Morgan fingerprint density at radius 2 is 1.91 bits per heavy atom. The van der Waals surface area contributed by atoms with Crippen molar-refractivity contribution in [3.8, 4) is 0 Å². The van der Waals surface area contributed by atoms with Crippen molar-refractivity contribution in [3.05, 3.63) is 4.91 Å². The van der Waals surface area contributed by atoms with Crippen LogP contribution in [0.1, 0.15) is 38.5 Å². The largest absolute Gasteiger partial charge is 0.287 e. The van der Waals surface area contributed by atoms with E-state index in [1.54, 1.807) is 0 Å². The van der Waals surface area contributed by atoms with E-state index in [2.05, 4.69) is 10.5 Å². The van der Waals surface area contributed by atoms with Gasteiger partial charge in [0.15, 0.2) is 5.66 Å². The predicted molar refractivity (Wildman–Crippen MR) is 43.2 cm³/mol. The van der Waals surface area contributed by atoms with Crippen molar-refractivity contribution >= 4 is 0 Å². The summed E-state index contributed by atoms with van der Waals surface area (Å²) in [6.07, 6.45) is 6.71. The molecule has 0 aromatic heterocycles. The number of rotatable bonds is 1. The summed E-state index contributed by atoms with van der Waals surface area (Å²) in [6, 6.07) is 0.579. The van der Waals surface area contributed by atoms with Crippen LogP contribution in [-0.4, -0.2) is 11.7 Å². The molecule has 0 atom stereocenters. The molecule has 0 spiro atoms. The van der Waals surface area contributed by atoms with E-state index < -0.39 is 0 Å². The third-order valence-electron chi connectivity index (χ3n) is 2.93. The zero-order chi connectivity index (χ0) is 7.73. The van der Waals surface area contributed by atoms with Crippen LogP contribution < -0.4 is 5.32 Å². The maximum Gasteiger partial charge on any atom is 0.153 e. The Hall–Kier alpha value is -0.440. The zero-order valence-corrected chi connectivity index (χ0v) is 6.68. The highest BCUT2D eigenvalue weighted by Crippen LogP contribution is 2.34. The van der Waals surface area contributed by atoms with Crippen LogP contribution in [0.3, 0.4) is 0 Å². The van der Waals surface area contributed by atoms with Crippen LogP contribution in [0.15, 0.2) is 5.18 Å². The maximum atomic E-state index is 10.6. The van der Waals surface area contributed by atoms with E-state index in [0.717, 1.165) is 12.8 Å². The molecule has 1 N–H and O–H groups in total. The fourth-order valence-corrected chi connectivity index (χ4v) is 2.34. The molecule has 2 fully saturated rings. The SMILES string of the molecule is O=NC12CCCC(CCC1)N2. The first-order chi connectivity index (χ1) is 5.35. The molecule has 2 bridgehead atoms. The highest BCUT2D eigenvalue weighted by molar-refractivity contribution is 4.96. The predicted octanol–water partition coefficient (Wildman–Crippen LogP) is 1.78. The molecule has 2 rings (SSSR count). The normalized spacial score (nSPS) is 43.5. The standard InChI is InChI=1S/C8H14N2O/c11-10-8-5-1-3-7(9-8)4-2-6-8/h7,9H,1-6H2. The fourth-order valence-electron chi connectivity index (χ4n) is 2.34. The second-order valence-electron chi connectivity index (χ2n) is 3.75. The number of hydrogen-bond donors (Lipinski definition) is 1. The van der Waals surface area contributed by atoms with Crippen molar-refractivity contribution < 1.29 is 0 Å². The Morgan fingerprint density at radius 3 is 2.36 bits per heavy atom. The number of fused-ring (bicyclic) bond motifs is 2. The third kappa shape index (κ3) is 1.18. The second-order valence-corrected chi connectivity index (χ2v) is 3.75. The van der Waals surface area contributed by atoms with Crippen molar-refractivity contribution in [3.63, 3.8) is 0 Å². The van der Waals surface area contributed by atoms with Gasteiger partial charge in [0, 0.05) is 6.04 Å². The van der Waals surface area contributed by atoms with Crippen LogP contribution in [0.25, 0.3) is 0 Å². The number of nitroso groups, excluding NO2 is 1. The average Bonchev–Trinajstić information content (AvgIpc) is 2.05. The molecule has 11 heavy (non-hydrogen) atoms. The minimum Gasteiger partial charge on any atom is -0.287 e. The van der Waals surface area contributed by atoms with E-state index in [4.69, 9.17) is 0 Å². The van der Waals surface area contributed by atoms with Crippen LogP contribution >= 0.6 is 0 Å². The minimum atomic E-state index is -0.360. The Kier molecular flexibility index (Phi) is 1.68. The van der Waals surface area contributed by atoms with Crippen LogP contribution in [0, 0.1) is 4.91 Å². The van der Waals surface area contributed by atoms with Gasteiger partial charge >= 0.3 is 0 Å². The van der Waals surface area contributed by atoms with Gasteiger partial charge in [0.05, 0.1) is 0 Å². The summed E-state index contributed by atoms with van der Waals surface area (Å²) in [6.45, 7) is 0. The van der Waals surface area contributed by atoms with Crippen LogP contribution in [0.4, 0.5) is 0 Å². The molecule has 0 radical (unpaired) electrons. The van der Waals surface area contributed by atoms with Gasteiger partial charge < -0.3 is 0 Å². The summed E-state index contributed by atoms with van der Waals surface area (Å²) in [5.41, 5.74) is -0.360. The van der Waals surface area contributed by atoms with Gasteiger partial charge in [0.2, 0.25) is 0 Å². The monoisotopic (exact) mass is 154 g/mol. The molecule has 0 unspecified atom stereocenters. The molecule has 62 valence electrons. The van der Waals surface area contributed by atoms with Gasteiger partial charge in [-0.1, -0.05) is 0 Å². The first-order valence-corrected chi connectivity index (χ1v) is 4.47. The van der Waals surface area contributed by atoms with Crippen molar-refractivity contribution in [2.24, 2.45) is 5.18 Å². The molecule has 0 saturated carbocycles. The molecular formula is C8H14N2O. The van der Waals surface area contributed by atoms with E-state index in [1.807, 2.05) is 0 Å². The Labute approximate surface area is 66.5 Å². The number of piperidine rings is 2. The molecule has 2 heterocycles. The molecule has 0 amide bonds. The van der Waals surface area contributed by atoms with Crippen molar-refractivity contribution in [2.45, 2.75) is 50.2 Å². The summed E-state index contributed by atoms with van der Waals surface area (Å²) in [7, 11) is 0. The van der Waals surface area contributed by atoms with E-state index in [0.29, 0.717) is 6.04 Å². The highest BCUT2D eigenvalue weighted by Gasteiger charge is 2.39. The average molecular weight is 154 g/mol. The summed E-state index contributed by atoms with van der Waals surface area (Å²) >= 11 is 0. The first kappa shape index (κ1) is 7.22. The summed E-state index contributed by atoms with van der Waals surface area (Å²) in [5, 5.41) is 6.57. The summed E-state index contributed by atoms with van der Waals surface area (Å²) in [5.74, 6) is 0. The minimum absolute atomic E-state index is 0.360. The molecule has 0 aromatic rings. The highest BCUT2D eigenvalue weighted by atomic mass is 16.3. The molecule has 2 aliphatic heterocycles. The molecule has 3 heteroatoms. The lowest BCUT2D eigenvalue weighted by molar-refractivity contribution is 0.148. The van der Waals surface area contributed by atoms with Gasteiger partial charge in [0.25, 0.3) is 0 Å². The van der Waals surface area contributed by atoms with Gasteiger partial charge in [-0.25, -0.2) is 0 Å². The lowest BCUT2D eigenvalue weighted by Crippen LogP contribution is -2.54. The fraction of sp³-hybridized carbons (Fsp3) is 1.00. The number of hydrogen-bond acceptors (Lipinski definition) is 3. The van der Waals surface area contributed by atoms with Gasteiger partial charge in [-0.05, 0) is 43.7 Å². The second kappa shape index (κ2) is 2.55. The Morgan fingerprint density at radius 1 is 1.27 bits per heavy atom. The number of nitrogens with zero attached hydrogens (tertiary/aromatic N) is 1. The van der Waals surface area contributed by atoms with E-state index >= 15 is 0 Å². The van der Waals surface area contributed by atoms with Crippen LogP contribution in [0.5, 0.6) is 0 Å². The van der Waals surface area contributed by atoms with E-state index in [-0.39, 0.29) is 5.66 Å². The molecule has 0 aliphatic carbocycles. The molecule has 0 aromatic carbocycles. The first-order valence-electron chi connectivity index (χ1n) is 4.47. The Bertz CT molecular complexity index is 159. The quantitative estimate of drug-likeness (QED) is 0.585. The van der Waals surface area contributed by atoms with Crippen LogP contribution in [-0.2, 0) is 0 Å². The smallest absolute Gasteiger partial charge is 0.153 e. The van der Waals surface area contributed by atoms with Gasteiger partial charge in [-0.2, -0.15) is 0 Å². The van der Waals surface area contributed by atoms with Gasteiger partial charge in [-0.3, -0.25) is 5.32 Å². The van der Waals surface area contributed by atoms with Crippen LogP contribution in [0.2, 0.25) is 0 Å². The molecule has 2 saturated heterocycles. The van der Waals surface area contributed by atoms with Gasteiger partial charge in [-0.15, -0.1) is 4.91 Å². The van der Waals surface area contributed by atoms with Gasteiger partial charge in [0.1, 0.15) is 0 Å². The topological polar surface area (TPSA) is 41.5 Å². The number of nitrogens with one attached hydrogen (secondary N) is 1. The van der Waals surface area contributed by atoms with E-state index in [1.165, 1.54) is 25.7 Å². The lowest BCUT2D eigenvalue weighted by Gasteiger charge is -2.41.